The highest BCUT2D eigenvalue weighted by molar-refractivity contribution is 5.96. The molecular weight excluding hydrogens is 298 g/mol. The number of hydrogen-bond acceptors (Lipinski definition) is 2. The first kappa shape index (κ1) is 16.7. The summed E-state index contributed by atoms with van der Waals surface area (Å²) in [5.74, 6) is -0.0118. The normalized spacial score (nSPS) is 17.5. The van der Waals surface area contributed by atoms with Crippen LogP contribution >= 0.6 is 0 Å². The van der Waals surface area contributed by atoms with E-state index in [9.17, 15) is 4.79 Å². The number of nitrogens with zero attached hydrogens (tertiary/aromatic N) is 2. The molecule has 1 atom stereocenters. The lowest BCUT2D eigenvalue weighted by Crippen LogP contribution is -2.32. The molecule has 0 spiro atoms. The summed E-state index contributed by atoms with van der Waals surface area (Å²) in [5.41, 5.74) is 4.92. The fourth-order valence-electron chi connectivity index (χ4n) is 3.76. The topological polar surface area (TPSA) is 46.9 Å². The van der Waals surface area contributed by atoms with Gasteiger partial charge in [0, 0.05) is 5.69 Å². The Balaban J connectivity index is 1.88. The molecule has 1 aliphatic rings. The van der Waals surface area contributed by atoms with Crippen molar-refractivity contribution >= 4 is 5.91 Å². The van der Waals surface area contributed by atoms with Crippen LogP contribution in [0.2, 0.25) is 0 Å². The molecule has 1 N–H and O–H groups in total. The molecular formula is C20H27N3O. The van der Waals surface area contributed by atoms with E-state index in [0.717, 1.165) is 30.7 Å². The molecule has 1 aliphatic carbocycles. The Bertz CT molecular complexity index is 768. The molecule has 0 aliphatic heterocycles. The fourth-order valence-corrected chi connectivity index (χ4v) is 3.76. The maximum absolute atomic E-state index is 12.9. The van der Waals surface area contributed by atoms with Gasteiger partial charge in [0.15, 0.2) is 0 Å². The van der Waals surface area contributed by atoms with E-state index >= 15 is 0 Å². The van der Waals surface area contributed by atoms with Crippen LogP contribution in [0.5, 0.6) is 0 Å². The standard InChI is InChI=1S/C20H27N3O/c1-13-18(14(2)23(22-13)20(3,4)5)19(24)21-17-12-8-10-15-9-6-7-11-16(15)17/h6-7,9,11,17H,8,10,12H2,1-5H3,(H,21,24)/t17-/m0/s1. The minimum Gasteiger partial charge on any atom is -0.345 e. The Morgan fingerprint density at radius 1 is 1.25 bits per heavy atom. The third-order valence-corrected chi connectivity index (χ3v) is 4.83. The number of fused-ring (bicyclic) bond motifs is 1. The molecule has 24 heavy (non-hydrogen) atoms. The van der Waals surface area contributed by atoms with Crippen LogP contribution in [0.4, 0.5) is 0 Å². The quantitative estimate of drug-likeness (QED) is 0.905. The van der Waals surface area contributed by atoms with Gasteiger partial charge in [0.25, 0.3) is 5.91 Å². The van der Waals surface area contributed by atoms with Crippen molar-refractivity contribution in [2.24, 2.45) is 0 Å². The van der Waals surface area contributed by atoms with Crippen LogP contribution in [0, 0.1) is 13.8 Å². The van der Waals surface area contributed by atoms with E-state index in [1.54, 1.807) is 0 Å². The van der Waals surface area contributed by atoms with Gasteiger partial charge >= 0.3 is 0 Å². The van der Waals surface area contributed by atoms with Crippen LogP contribution < -0.4 is 5.32 Å². The van der Waals surface area contributed by atoms with Crippen LogP contribution in [0.25, 0.3) is 0 Å². The first-order valence-corrected chi connectivity index (χ1v) is 8.74. The smallest absolute Gasteiger partial charge is 0.255 e. The number of rotatable bonds is 2. The molecule has 0 saturated carbocycles. The molecule has 1 aromatic heterocycles. The van der Waals surface area contributed by atoms with E-state index in [1.807, 2.05) is 18.5 Å². The summed E-state index contributed by atoms with van der Waals surface area (Å²) in [6.07, 6.45) is 3.21. The van der Waals surface area contributed by atoms with Gasteiger partial charge in [-0.15, -0.1) is 0 Å². The van der Waals surface area contributed by atoms with Crippen LogP contribution in [0.15, 0.2) is 24.3 Å². The molecule has 2 aromatic rings. The largest absolute Gasteiger partial charge is 0.345 e. The molecule has 1 amide bonds. The second-order valence-electron chi connectivity index (χ2n) is 7.75. The predicted molar refractivity (Wildman–Crippen MR) is 96.3 cm³/mol. The van der Waals surface area contributed by atoms with Gasteiger partial charge in [-0.3, -0.25) is 9.48 Å². The lowest BCUT2D eigenvalue weighted by Gasteiger charge is -2.26. The van der Waals surface area contributed by atoms with Crippen LogP contribution in [-0.2, 0) is 12.0 Å². The van der Waals surface area contributed by atoms with E-state index in [-0.39, 0.29) is 17.5 Å². The van der Waals surface area contributed by atoms with Gasteiger partial charge in [-0.05, 0) is 65.0 Å². The predicted octanol–water partition coefficient (Wildman–Crippen LogP) is 4.06. The molecule has 4 heteroatoms. The highest BCUT2D eigenvalue weighted by atomic mass is 16.1. The molecule has 0 radical (unpaired) electrons. The summed E-state index contributed by atoms with van der Waals surface area (Å²) in [7, 11) is 0. The maximum Gasteiger partial charge on any atom is 0.255 e. The van der Waals surface area contributed by atoms with Crippen molar-refractivity contribution in [1.82, 2.24) is 15.1 Å². The first-order valence-electron chi connectivity index (χ1n) is 8.74. The van der Waals surface area contributed by atoms with Gasteiger partial charge in [-0.1, -0.05) is 24.3 Å². The minimum atomic E-state index is -0.134. The maximum atomic E-state index is 12.9. The Morgan fingerprint density at radius 3 is 2.62 bits per heavy atom. The Hall–Kier alpha value is -2.10. The molecule has 1 heterocycles. The second-order valence-corrected chi connectivity index (χ2v) is 7.75. The summed E-state index contributed by atoms with van der Waals surface area (Å²) in [6, 6.07) is 8.53. The highest BCUT2D eigenvalue weighted by Crippen LogP contribution is 2.30. The molecule has 0 fully saturated rings. The van der Waals surface area contributed by atoms with Crippen molar-refractivity contribution < 1.29 is 4.79 Å². The fraction of sp³-hybridized carbons (Fsp3) is 0.500. The first-order chi connectivity index (χ1) is 11.3. The number of carbonyl (C=O) groups excluding carboxylic acids is 1. The Morgan fingerprint density at radius 2 is 1.96 bits per heavy atom. The summed E-state index contributed by atoms with van der Waals surface area (Å²) < 4.78 is 1.95. The SMILES string of the molecule is Cc1nn(C(C)(C)C)c(C)c1C(=O)N[C@H]1CCCc2ccccc21. The average Bonchev–Trinajstić information content (AvgIpc) is 2.82. The Labute approximate surface area is 144 Å². The molecule has 128 valence electrons. The van der Waals surface area contributed by atoms with Crippen LogP contribution in [0.1, 0.15) is 72.5 Å². The zero-order valence-corrected chi connectivity index (χ0v) is 15.3. The third kappa shape index (κ3) is 2.97. The molecule has 3 rings (SSSR count). The molecule has 0 unspecified atom stereocenters. The summed E-state index contributed by atoms with van der Waals surface area (Å²) in [4.78, 5) is 12.9. The summed E-state index contributed by atoms with van der Waals surface area (Å²) in [5, 5.41) is 7.84. The molecule has 1 aromatic carbocycles. The number of benzene rings is 1. The van der Waals surface area contributed by atoms with E-state index in [2.05, 4.69) is 55.5 Å². The van der Waals surface area contributed by atoms with Crippen molar-refractivity contribution in [3.05, 3.63) is 52.3 Å². The monoisotopic (exact) mass is 325 g/mol. The second kappa shape index (κ2) is 6.08. The van der Waals surface area contributed by atoms with Gasteiger partial charge in [0.2, 0.25) is 0 Å². The average molecular weight is 325 g/mol. The lowest BCUT2D eigenvalue weighted by atomic mass is 9.87. The van der Waals surface area contributed by atoms with Crippen LogP contribution in [-0.4, -0.2) is 15.7 Å². The van der Waals surface area contributed by atoms with Gasteiger partial charge in [-0.25, -0.2) is 0 Å². The molecule has 0 saturated heterocycles. The van der Waals surface area contributed by atoms with E-state index < -0.39 is 0 Å². The van der Waals surface area contributed by atoms with Crippen molar-refractivity contribution in [3.8, 4) is 0 Å². The van der Waals surface area contributed by atoms with E-state index in [1.165, 1.54) is 11.1 Å². The highest BCUT2D eigenvalue weighted by Gasteiger charge is 2.27. The zero-order valence-electron chi connectivity index (χ0n) is 15.3. The van der Waals surface area contributed by atoms with Crippen LogP contribution in [0.3, 0.4) is 0 Å². The minimum absolute atomic E-state index is 0.0118. The number of nitrogens with one attached hydrogen (secondary N) is 1. The number of carbonyl (C=O) groups is 1. The van der Waals surface area contributed by atoms with Crippen molar-refractivity contribution in [2.75, 3.05) is 0 Å². The zero-order chi connectivity index (χ0) is 17.5. The number of amides is 1. The van der Waals surface area contributed by atoms with Crippen molar-refractivity contribution in [1.29, 1.82) is 0 Å². The molecule has 0 bridgehead atoms. The summed E-state index contributed by atoms with van der Waals surface area (Å²) >= 11 is 0. The van der Waals surface area contributed by atoms with Gasteiger partial charge in [0.05, 0.1) is 22.8 Å². The van der Waals surface area contributed by atoms with Gasteiger partial charge in [-0.2, -0.15) is 5.10 Å². The number of aromatic nitrogens is 2. The van der Waals surface area contributed by atoms with Gasteiger partial charge < -0.3 is 5.32 Å². The van der Waals surface area contributed by atoms with E-state index in [0.29, 0.717) is 5.56 Å². The van der Waals surface area contributed by atoms with Crippen molar-refractivity contribution in [2.45, 2.75) is 65.5 Å². The number of hydrogen-bond donors (Lipinski definition) is 1. The van der Waals surface area contributed by atoms with E-state index in [4.69, 9.17) is 0 Å². The Kier molecular flexibility index (Phi) is 4.24. The van der Waals surface area contributed by atoms with Crippen molar-refractivity contribution in [3.63, 3.8) is 0 Å². The third-order valence-electron chi connectivity index (χ3n) is 4.83. The summed E-state index contributed by atoms with van der Waals surface area (Å²) in [6.45, 7) is 10.2. The lowest BCUT2D eigenvalue weighted by molar-refractivity contribution is 0.0931. The molecule has 4 nitrogen and oxygen atoms in total. The number of aryl methyl sites for hydroxylation is 2. The van der Waals surface area contributed by atoms with Gasteiger partial charge in [0.1, 0.15) is 0 Å².